The molecule has 0 aliphatic rings. The highest BCUT2D eigenvalue weighted by atomic mass is 35.5. The van der Waals surface area contributed by atoms with Crippen LogP contribution in [0.15, 0.2) is 30.5 Å². The number of nitrogens with zero attached hydrogens (tertiary/aromatic N) is 2. The Morgan fingerprint density at radius 1 is 1.32 bits per heavy atom. The minimum Gasteiger partial charge on any atom is -0.305 e. The van der Waals surface area contributed by atoms with Crippen molar-refractivity contribution in [2.45, 2.75) is 19.4 Å². The van der Waals surface area contributed by atoms with Crippen LogP contribution in [0, 0.1) is 0 Å². The maximum Gasteiger partial charge on any atom is 0.0763 e. The van der Waals surface area contributed by atoms with Crippen molar-refractivity contribution in [2.75, 3.05) is 6.54 Å². The number of aryl methyl sites for hydroxylation is 1. The van der Waals surface area contributed by atoms with E-state index in [0.717, 1.165) is 24.2 Å². The Balaban J connectivity index is 2.42. The predicted octanol–water partition coefficient (Wildman–Crippen LogP) is 3.82. The number of benzene rings is 1. The first kappa shape index (κ1) is 14.4. The van der Waals surface area contributed by atoms with Gasteiger partial charge in [-0.15, -0.1) is 0 Å². The molecule has 1 N–H and O–H groups in total. The Bertz CT molecular complexity index is 551. The number of nitrogens with one attached hydrogen (secondary N) is 1. The molecular formula is C14H17Cl2N3. The number of halogens is 2. The highest BCUT2D eigenvalue weighted by Crippen LogP contribution is 2.30. The molecule has 1 atom stereocenters. The topological polar surface area (TPSA) is 29.9 Å². The van der Waals surface area contributed by atoms with E-state index in [4.69, 9.17) is 23.2 Å². The molecule has 1 aromatic heterocycles. The molecule has 1 heterocycles. The molecule has 2 aromatic rings. The molecule has 3 nitrogen and oxygen atoms in total. The van der Waals surface area contributed by atoms with Gasteiger partial charge >= 0.3 is 0 Å². The molecule has 0 saturated heterocycles. The van der Waals surface area contributed by atoms with E-state index in [1.54, 1.807) is 12.3 Å². The van der Waals surface area contributed by atoms with Gasteiger partial charge in [-0.05, 0) is 42.8 Å². The second kappa shape index (κ2) is 6.42. The summed E-state index contributed by atoms with van der Waals surface area (Å²) in [6.45, 7) is 3.03. The standard InChI is InChI=1S/C14H17Cl2N3/c1-3-7-17-14(13-6-8-18-19(13)2)11-9-10(15)4-5-12(11)16/h4-6,8-9,14,17H,3,7H2,1-2H3. The van der Waals surface area contributed by atoms with Crippen molar-refractivity contribution in [1.82, 2.24) is 15.1 Å². The van der Waals surface area contributed by atoms with Crippen LogP contribution in [-0.4, -0.2) is 16.3 Å². The average molecular weight is 298 g/mol. The molecule has 2 rings (SSSR count). The van der Waals surface area contributed by atoms with E-state index in [-0.39, 0.29) is 6.04 Å². The number of hydrogen-bond acceptors (Lipinski definition) is 2. The zero-order valence-electron chi connectivity index (χ0n) is 11.0. The van der Waals surface area contributed by atoms with Crippen LogP contribution in [0.25, 0.3) is 0 Å². The lowest BCUT2D eigenvalue weighted by Crippen LogP contribution is -2.25. The fourth-order valence-electron chi connectivity index (χ4n) is 2.07. The third kappa shape index (κ3) is 3.30. The normalized spacial score (nSPS) is 12.6. The van der Waals surface area contributed by atoms with Gasteiger partial charge in [0.25, 0.3) is 0 Å². The molecule has 0 aliphatic carbocycles. The lowest BCUT2D eigenvalue weighted by molar-refractivity contribution is 0.554. The van der Waals surface area contributed by atoms with Gasteiger partial charge in [-0.1, -0.05) is 30.1 Å². The fraction of sp³-hybridized carbons (Fsp3) is 0.357. The largest absolute Gasteiger partial charge is 0.305 e. The summed E-state index contributed by atoms with van der Waals surface area (Å²) in [5.41, 5.74) is 2.05. The second-order valence-corrected chi connectivity index (χ2v) is 5.28. The quantitative estimate of drug-likeness (QED) is 0.909. The highest BCUT2D eigenvalue weighted by molar-refractivity contribution is 6.33. The molecule has 1 aromatic carbocycles. The van der Waals surface area contributed by atoms with Crippen molar-refractivity contribution < 1.29 is 0 Å². The lowest BCUT2D eigenvalue weighted by Gasteiger charge is -2.20. The number of aromatic nitrogens is 2. The molecule has 0 bridgehead atoms. The lowest BCUT2D eigenvalue weighted by atomic mass is 10.0. The predicted molar refractivity (Wildman–Crippen MR) is 79.8 cm³/mol. The van der Waals surface area contributed by atoms with Gasteiger partial charge in [0.15, 0.2) is 0 Å². The number of rotatable bonds is 5. The zero-order chi connectivity index (χ0) is 13.8. The molecule has 19 heavy (non-hydrogen) atoms. The van der Waals surface area contributed by atoms with Crippen molar-refractivity contribution in [3.63, 3.8) is 0 Å². The summed E-state index contributed by atoms with van der Waals surface area (Å²) in [6, 6.07) is 7.53. The van der Waals surface area contributed by atoms with Crippen LogP contribution in [0.1, 0.15) is 30.6 Å². The van der Waals surface area contributed by atoms with Crippen LogP contribution in [0.3, 0.4) is 0 Å². The van der Waals surface area contributed by atoms with Crippen LogP contribution in [0.5, 0.6) is 0 Å². The van der Waals surface area contributed by atoms with E-state index in [1.807, 2.05) is 29.9 Å². The van der Waals surface area contributed by atoms with Gasteiger partial charge in [0.2, 0.25) is 0 Å². The average Bonchev–Trinajstić information content (AvgIpc) is 2.80. The molecule has 5 heteroatoms. The molecule has 0 radical (unpaired) electrons. The van der Waals surface area contributed by atoms with Crippen molar-refractivity contribution >= 4 is 23.2 Å². The van der Waals surface area contributed by atoms with Gasteiger partial charge in [0.1, 0.15) is 0 Å². The molecule has 0 aliphatic heterocycles. The molecule has 102 valence electrons. The third-order valence-corrected chi connectivity index (χ3v) is 3.60. The Morgan fingerprint density at radius 2 is 2.11 bits per heavy atom. The van der Waals surface area contributed by atoms with Crippen molar-refractivity contribution in [3.05, 3.63) is 51.8 Å². The van der Waals surface area contributed by atoms with E-state index in [0.29, 0.717) is 10.0 Å². The van der Waals surface area contributed by atoms with Crippen molar-refractivity contribution in [1.29, 1.82) is 0 Å². The molecule has 0 fully saturated rings. The van der Waals surface area contributed by atoms with Crippen LogP contribution >= 0.6 is 23.2 Å². The molecular weight excluding hydrogens is 281 g/mol. The maximum atomic E-state index is 6.31. The van der Waals surface area contributed by atoms with E-state index in [2.05, 4.69) is 17.3 Å². The maximum absolute atomic E-state index is 6.31. The smallest absolute Gasteiger partial charge is 0.0763 e. The summed E-state index contributed by atoms with van der Waals surface area (Å²) in [6.07, 6.45) is 2.83. The van der Waals surface area contributed by atoms with E-state index >= 15 is 0 Å². The summed E-state index contributed by atoms with van der Waals surface area (Å²) in [5.74, 6) is 0. The Kier molecular flexibility index (Phi) is 4.86. The van der Waals surface area contributed by atoms with Gasteiger partial charge in [-0.25, -0.2) is 0 Å². The molecule has 0 saturated carbocycles. The molecule has 0 spiro atoms. The third-order valence-electron chi connectivity index (χ3n) is 3.02. The van der Waals surface area contributed by atoms with Crippen LogP contribution in [0.4, 0.5) is 0 Å². The first-order chi connectivity index (χ1) is 9.13. The van der Waals surface area contributed by atoms with E-state index in [9.17, 15) is 0 Å². The summed E-state index contributed by atoms with van der Waals surface area (Å²) in [4.78, 5) is 0. The van der Waals surface area contributed by atoms with E-state index < -0.39 is 0 Å². The summed E-state index contributed by atoms with van der Waals surface area (Å²) < 4.78 is 1.85. The van der Waals surface area contributed by atoms with Crippen LogP contribution in [0.2, 0.25) is 10.0 Å². The number of hydrogen-bond donors (Lipinski definition) is 1. The van der Waals surface area contributed by atoms with Crippen LogP contribution < -0.4 is 5.32 Å². The summed E-state index contributed by atoms with van der Waals surface area (Å²) >= 11 is 12.4. The molecule has 1 unspecified atom stereocenters. The Labute approximate surface area is 123 Å². The fourth-order valence-corrected chi connectivity index (χ4v) is 2.47. The Hall–Kier alpha value is -1.03. The van der Waals surface area contributed by atoms with E-state index in [1.165, 1.54) is 0 Å². The van der Waals surface area contributed by atoms with Gasteiger partial charge in [0, 0.05) is 23.3 Å². The minimum absolute atomic E-state index is 0.00125. The van der Waals surface area contributed by atoms with Crippen molar-refractivity contribution in [3.8, 4) is 0 Å². The SMILES string of the molecule is CCCNC(c1cc(Cl)ccc1Cl)c1ccnn1C. The zero-order valence-corrected chi connectivity index (χ0v) is 12.5. The van der Waals surface area contributed by atoms with Gasteiger partial charge in [-0.3, -0.25) is 4.68 Å². The highest BCUT2D eigenvalue weighted by Gasteiger charge is 2.19. The van der Waals surface area contributed by atoms with Crippen LogP contribution in [-0.2, 0) is 7.05 Å². The second-order valence-electron chi connectivity index (χ2n) is 4.43. The minimum atomic E-state index is -0.00125. The monoisotopic (exact) mass is 297 g/mol. The summed E-state index contributed by atoms with van der Waals surface area (Å²) in [5, 5.41) is 9.11. The molecule has 0 amide bonds. The van der Waals surface area contributed by atoms with Crippen molar-refractivity contribution in [2.24, 2.45) is 7.05 Å². The van der Waals surface area contributed by atoms with Gasteiger partial charge in [0.05, 0.1) is 11.7 Å². The first-order valence-corrected chi connectivity index (χ1v) is 7.05. The first-order valence-electron chi connectivity index (χ1n) is 6.29. The Morgan fingerprint density at radius 3 is 2.74 bits per heavy atom. The summed E-state index contributed by atoms with van der Waals surface area (Å²) in [7, 11) is 1.93. The van der Waals surface area contributed by atoms with Gasteiger partial charge < -0.3 is 5.32 Å². The van der Waals surface area contributed by atoms with Gasteiger partial charge in [-0.2, -0.15) is 5.10 Å².